The molecule has 0 N–H and O–H groups in total. The summed E-state index contributed by atoms with van der Waals surface area (Å²) < 4.78 is 11.3. The Morgan fingerprint density at radius 2 is 1.69 bits per heavy atom. The Labute approximate surface area is 153 Å². The van der Waals surface area contributed by atoms with E-state index in [9.17, 15) is 4.79 Å². The molecule has 1 aromatic heterocycles. The second-order valence-electron chi connectivity index (χ2n) is 6.57. The van der Waals surface area contributed by atoms with Crippen LogP contribution in [-0.2, 0) is 0 Å². The van der Waals surface area contributed by atoms with Gasteiger partial charge in [0.1, 0.15) is 17.3 Å². The van der Waals surface area contributed by atoms with E-state index >= 15 is 0 Å². The van der Waals surface area contributed by atoms with Gasteiger partial charge in [0.2, 0.25) is 0 Å². The summed E-state index contributed by atoms with van der Waals surface area (Å²) in [5.74, 6) is 2.33. The van der Waals surface area contributed by atoms with E-state index < -0.39 is 0 Å². The Bertz CT molecular complexity index is 852. The van der Waals surface area contributed by atoms with Gasteiger partial charge in [-0.05, 0) is 68.3 Å². The van der Waals surface area contributed by atoms with Crippen LogP contribution in [0.25, 0.3) is 0 Å². The van der Waals surface area contributed by atoms with Crippen molar-refractivity contribution in [2.45, 2.75) is 31.8 Å². The van der Waals surface area contributed by atoms with E-state index in [1.165, 1.54) is 0 Å². The molecule has 26 heavy (non-hydrogen) atoms. The van der Waals surface area contributed by atoms with Gasteiger partial charge in [-0.3, -0.25) is 4.79 Å². The molecule has 1 unspecified atom stereocenters. The Morgan fingerprint density at radius 3 is 2.31 bits per heavy atom. The summed E-state index contributed by atoms with van der Waals surface area (Å²) in [6.07, 6.45) is 3.75. The largest absolute Gasteiger partial charge is 0.467 e. The van der Waals surface area contributed by atoms with E-state index in [0.29, 0.717) is 17.4 Å². The van der Waals surface area contributed by atoms with Gasteiger partial charge in [0.05, 0.1) is 12.3 Å². The Kier molecular flexibility index (Phi) is 4.48. The molecule has 0 saturated heterocycles. The molecule has 1 aliphatic rings. The smallest absolute Gasteiger partial charge is 0.254 e. The molecule has 1 aliphatic carbocycles. The fourth-order valence-electron chi connectivity index (χ4n) is 3.12. The highest BCUT2D eigenvalue weighted by Crippen LogP contribution is 2.36. The minimum atomic E-state index is -0.0785. The van der Waals surface area contributed by atoms with E-state index in [-0.39, 0.29) is 11.9 Å². The highest BCUT2D eigenvalue weighted by Gasteiger charge is 2.37. The molecule has 1 saturated carbocycles. The second-order valence-corrected chi connectivity index (χ2v) is 6.57. The highest BCUT2D eigenvalue weighted by molar-refractivity contribution is 5.95. The third kappa shape index (κ3) is 3.49. The topological polar surface area (TPSA) is 42.7 Å². The van der Waals surface area contributed by atoms with Crippen LogP contribution in [-0.4, -0.2) is 16.8 Å². The summed E-state index contributed by atoms with van der Waals surface area (Å²) >= 11 is 0. The minimum absolute atomic E-state index is 0.0302. The number of nitrogens with zero attached hydrogens (tertiary/aromatic N) is 1. The van der Waals surface area contributed by atoms with Gasteiger partial charge in [-0.1, -0.05) is 18.2 Å². The maximum atomic E-state index is 13.1. The zero-order valence-corrected chi connectivity index (χ0v) is 14.7. The number of amides is 1. The fourth-order valence-corrected chi connectivity index (χ4v) is 3.12. The lowest BCUT2D eigenvalue weighted by atomic mass is 10.1. The molecule has 1 atom stereocenters. The standard InChI is InChI=1S/C22H21NO3/c1-16(21-8-5-15-25-21)23(18-11-12-18)22(24)17-9-13-20(14-10-17)26-19-6-3-2-4-7-19/h2-10,13-16,18H,11-12H2,1H3. The van der Waals surface area contributed by atoms with Crippen molar-refractivity contribution in [2.24, 2.45) is 0 Å². The van der Waals surface area contributed by atoms with Crippen LogP contribution in [0.4, 0.5) is 0 Å². The number of carbonyl (C=O) groups excluding carboxylic acids is 1. The number of carbonyl (C=O) groups is 1. The molecule has 1 amide bonds. The lowest BCUT2D eigenvalue weighted by molar-refractivity contribution is 0.0652. The molecule has 0 aliphatic heterocycles. The first kappa shape index (κ1) is 16.5. The molecule has 1 fully saturated rings. The third-order valence-electron chi connectivity index (χ3n) is 4.63. The molecule has 4 nitrogen and oxygen atoms in total. The van der Waals surface area contributed by atoms with Crippen LogP contribution in [0.3, 0.4) is 0 Å². The molecule has 3 aromatic rings. The average molecular weight is 347 g/mol. The molecular weight excluding hydrogens is 326 g/mol. The van der Waals surface area contributed by atoms with Crippen LogP contribution in [0.15, 0.2) is 77.4 Å². The third-order valence-corrected chi connectivity index (χ3v) is 4.63. The average Bonchev–Trinajstić information content (AvgIpc) is 3.34. The number of hydrogen-bond acceptors (Lipinski definition) is 3. The molecule has 0 radical (unpaired) electrons. The van der Waals surface area contributed by atoms with Gasteiger partial charge >= 0.3 is 0 Å². The van der Waals surface area contributed by atoms with Crippen molar-refractivity contribution in [1.29, 1.82) is 0 Å². The van der Waals surface area contributed by atoms with Crippen LogP contribution in [0.5, 0.6) is 11.5 Å². The van der Waals surface area contributed by atoms with Gasteiger partial charge in [0.15, 0.2) is 0 Å². The van der Waals surface area contributed by atoms with Crippen molar-refractivity contribution in [3.8, 4) is 11.5 Å². The fraction of sp³-hybridized carbons (Fsp3) is 0.227. The van der Waals surface area contributed by atoms with Crippen LogP contribution in [0.2, 0.25) is 0 Å². The van der Waals surface area contributed by atoms with Crippen molar-refractivity contribution in [3.63, 3.8) is 0 Å². The van der Waals surface area contributed by atoms with Crippen LogP contribution in [0.1, 0.15) is 41.9 Å². The number of rotatable bonds is 6. The monoisotopic (exact) mass is 347 g/mol. The molecule has 2 aromatic carbocycles. The molecular formula is C22H21NO3. The normalized spacial score (nSPS) is 14.7. The second kappa shape index (κ2) is 7.08. The molecule has 0 bridgehead atoms. The summed E-state index contributed by atoms with van der Waals surface area (Å²) in [4.78, 5) is 15.0. The quantitative estimate of drug-likeness (QED) is 0.596. The summed E-state index contributed by atoms with van der Waals surface area (Å²) in [6, 6.07) is 20.9. The number of para-hydroxylation sites is 1. The number of benzene rings is 2. The van der Waals surface area contributed by atoms with Gasteiger partial charge in [-0.25, -0.2) is 0 Å². The lowest BCUT2D eigenvalue weighted by Crippen LogP contribution is -2.35. The molecule has 0 spiro atoms. The zero-order valence-electron chi connectivity index (χ0n) is 14.7. The van der Waals surface area contributed by atoms with Crippen molar-refractivity contribution in [2.75, 3.05) is 0 Å². The number of hydrogen-bond donors (Lipinski definition) is 0. The van der Waals surface area contributed by atoms with Gasteiger partial charge in [0.25, 0.3) is 5.91 Å². The van der Waals surface area contributed by atoms with E-state index in [2.05, 4.69) is 0 Å². The number of ether oxygens (including phenoxy) is 1. The van der Waals surface area contributed by atoms with E-state index in [1.807, 2.05) is 78.6 Å². The van der Waals surface area contributed by atoms with E-state index in [4.69, 9.17) is 9.15 Å². The SMILES string of the molecule is CC(c1ccco1)N(C(=O)c1ccc(Oc2ccccc2)cc1)C1CC1. The van der Waals surface area contributed by atoms with E-state index in [1.54, 1.807) is 6.26 Å². The van der Waals surface area contributed by atoms with Gasteiger partial charge in [-0.15, -0.1) is 0 Å². The Morgan fingerprint density at radius 1 is 1.00 bits per heavy atom. The maximum Gasteiger partial charge on any atom is 0.254 e. The molecule has 4 heteroatoms. The predicted molar refractivity (Wildman–Crippen MR) is 99.3 cm³/mol. The molecule has 4 rings (SSSR count). The van der Waals surface area contributed by atoms with Crippen molar-refractivity contribution < 1.29 is 13.9 Å². The first-order valence-corrected chi connectivity index (χ1v) is 8.91. The maximum absolute atomic E-state index is 13.1. The minimum Gasteiger partial charge on any atom is -0.467 e. The Hall–Kier alpha value is -3.01. The zero-order chi connectivity index (χ0) is 17.9. The molecule has 1 heterocycles. The lowest BCUT2D eigenvalue weighted by Gasteiger charge is -2.28. The predicted octanol–water partition coefficient (Wildman–Crippen LogP) is 5.44. The van der Waals surface area contributed by atoms with E-state index in [0.717, 1.165) is 24.4 Å². The summed E-state index contributed by atoms with van der Waals surface area (Å²) in [6.45, 7) is 2.02. The van der Waals surface area contributed by atoms with Gasteiger partial charge in [0, 0.05) is 11.6 Å². The summed E-state index contributed by atoms with van der Waals surface area (Å²) in [7, 11) is 0. The van der Waals surface area contributed by atoms with Gasteiger partial charge < -0.3 is 14.1 Å². The summed E-state index contributed by atoms with van der Waals surface area (Å²) in [5.41, 5.74) is 0.663. The number of furan rings is 1. The van der Waals surface area contributed by atoms with Crippen molar-refractivity contribution in [1.82, 2.24) is 4.90 Å². The summed E-state index contributed by atoms with van der Waals surface area (Å²) in [5, 5.41) is 0. The van der Waals surface area contributed by atoms with Gasteiger partial charge in [-0.2, -0.15) is 0 Å². The van der Waals surface area contributed by atoms with Crippen LogP contribution < -0.4 is 4.74 Å². The van der Waals surface area contributed by atoms with Crippen LogP contribution in [0, 0.1) is 0 Å². The highest BCUT2D eigenvalue weighted by atomic mass is 16.5. The molecule has 132 valence electrons. The first-order chi connectivity index (χ1) is 12.7. The Balaban J connectivity index is 1.51. The first-order valence-electron chi connectivity index (χ1n) is 8.91. The van der Waals surface area contributed by atoms with Crippen LogP contribution >= 0.6 is 0 Å². The van der Waals surface area contributed by atoms with Crippen molar-refractivity contribution in [3.05, 3.63) is 84.3 Å². The van der Waals surface area contributed by atoms with Crippen molar-refractivity contribution >= 4 is 5.91 Å².